The third kappa shape index (κ3) is 5.34. The number of ether oxygens (including phenoxy) is 1. The van der Waals surface area contributed by atoms with E-state index in [2.05, 4.69) is 29.6 Å². The molecule has 0 saturated carbocycles. The van der Waals surface area contributed by atoms with Crippen LogP contribution in [-0.4, -0.2) is 54.2 Å². The van der Waals surface area contributed by atoms with Crippen molar-refractivity contribution in [3.63, 3.8) is 0 Å². The minimum atomic E-state index is -0.758. The number of benzene rings is 2. The van der Waals surface area contributed by atoms with E-state index in [4.69, 9.17) is 4.74 Å². The fraction of sp³-hybridized carbons (Fsp3) is 0.464. The topological polar surface area (TPSA) is 95.9 Å². The van der Waals surface area contributed by atoms with Crippen LogP contribution in [0.5, 0.6) is 0 Å². The van der Waals surface area contributed by atoms with Crippen molar-refractivity contribution in [1.82, 2.24) is 10.2 Å². The number of hydrogen-bond acceptors (Lipinski definition) is 4. The number of unbranched alkanes of at least 4 members (excludes halogenated alkanes) is 1. The molecule has 2 N–H and O–H groups in total. The molecule has 0 aromatic heterocycles. The molecule has 1 saturated heterocycles. The first-order chi connectivity index (χ1) is 16.9. The van der Waals surface area contributed by atoms with E-state index in [1.54, 1.807) is 4.90 Å². The number of hydrogen-bond donors (Lipinski definition) is 2. The molecule has 0 atom stereocenters. The van der Waals surface area contributed by atoms with Crippen LogP contribution in [-0.2, 0) is 14.3 Å². The van der Waals surface area contributed by atoms with Crippen molar-refractivity contribution in [1.29, 1.82) is 0 Å². The van der Waals surface area contributed by atoms with Gasteiger partial charge in [0.2, 0.25) is 5.91 Å². The number of fused-ring (bicyclic) bond motifs is 3. The molecule has 35 heavy (non-hydrogen) atoms. The highest BCUT2D eigenvalue weighted by molar-refractivity contribution is 5.79. The molecule has 0 unspecified atom stereocenters. The van der Waals surface area contributed by atoms with Gasteiger partial charge in [-0.2, -0.15) is 0 Å². The van der Waals surface area contributed by atoms with E-state index in [0.717, 1.165) is 0 Å². The highest BCUT2D eigenvalue weighted by Crippen LogP contribution is 2.44. The van der Waals surface area contributed by atoms with E-state index >= 15 is 0 Å². The lowest BCUT2D eigenvalue weighted by molar-refractivity contribution is -0.154. The number of rotatable bonds is 9. The quantitative estimate of drug-likeness (QED) is 0.505. The average Bonchev–Trinajstić information content (AvgIpc) is 3.20. The molecule has 2 aromatic rings. The molecule has 7 nitrogen and oxygen atoms in total. The van der Waals surface area contributed by atoms with Gasteiger partial charge in [-0.25, -0.2) is 4.79 Å². The molecule has 7 heteroatoms. The first-order valence-electron chi connectivity index (χ1n) is 12.6. The van der Waals surface area contributed by atoms with Crippen molar-refractivity contribution in [2.45, 2.75) is 51.4 Å². The molecule has 2 aromatic carbocycles. The first kappa shape index (κ1) is 24.8. The summed E-state index contributed by atoms with van der Waals surface area (Å²) in [6, 6.07) is 16.4. The highest BCUT2D eigenvalue weighted by Gasteiger charge is 2.40. The summed E-state index contributed by atoms with van der Waals surface area (Å²) in [6.45, 7) is 3.62. The highest BCUT2D eigenvalue weighted by atomic mass is 16.5. The van der Waals surface area contributed by atoms with E-state index in [0.29, 0.717) is 58.2 Å². The number of aliphatic carboxylic acids is 1. The van der Waals surface area contributed by atoms with Crippen LogP contribution < -0.4 is 5.32 Å². The lowest BCUT2D eigenvalue weighted by atomic mass is 9.76. The molecule has 4 rings (SSSR count). The molecule has 0 spiro atoms. The van der Waals surface area contributed by atoms with Crippen molar-refractivity contribution in [2.75, 3.05) is 26.2 Å². The summed E-state index contributed by atoms with van der Waals surface area (Å²) in [6.07, 6.45) is 2.90. The Morgan fingerprint density at radius 3 is 2.17 bits per heavy atom. The standard InChI is InChI=1S/C28H34N2O5/c1-2-28(26(32)33)14-17-30(18-15-28)25(31)13-7-8-16-29-27(34)35-19-24-22-11-5-3-9-20(22)21-10-4-6-12-23(21)24/h3-6,9-12,24H,2,7-8,13-19H2,1H3,(H,29,34)(H,32,33). The number of amides is 2. The normalized spacial score (nSPS) is 16.3. The zero-order valence-corrected chi connectivity index (χ0v) is 20.3. The molecule has 1 aliphatic heterocycles. The summed E-state index contributed by atoms with van der Waals surface area (Å²) in [5.74, 6) is -0.671. The molecule has 0 radical (unpaired) electrons. The van der Waals surface area contributed by atoms with Gasteiger partial charge in [0.05, 0.1) is 5.41 Å². The Hall–Kier alpha value is -3.35. The van der Waals surface area contributed by atoms with Gasteiger partial charge in [-0.05, 0) is 54.4 Å². The minimum absolute atomic E-state index is 0.0304. The molecule has 1 fully saturated rings. The second-order valence-electron chi connectivity index (χ2n) is 9.53. The van der Waals surface area contributed by atoms with E-state index < -0.39 is 17.5 Å². The molecule has 1 heterocycles. The average molecular weight is 479 g/mol. The van der Waals surface area contributed by atoms with Crippen molar-refractivity contribution in [3.05, 3.63) is 59.7 Å². The van der Waals surface area contributed by atoms with Crippen molar-refractivity contribution < 1.29 is 24.2 Å². The van der Waals surface area contributed by atoms with Crippen LogP contribution in [0.15, 0.2) is 48.5 Å². The Labute approximate surface area is 206 Å². The van der Waals surface area contributed by atoms with Crippen LogP contribution in [0.1, 0.15) is 62.5 Å². The predicted molar refractivity (Wildman–Crippen MR) is 133 cm³/mol. The number of nitrogens with one attached hydrogen (secondary N) is 1. The second-order valence-corrected chi connectivity index (χ2v) is 9.53. The summed E-state index contributed by atoms with van der Waals surface area (Å²) in [5, 5.41) is 12.3. The monoisotopic (exact) mass is 478 g/mol. The summed E-state index contributed by atoms with van der Waals surface area (Å²) >= 11 is 0. The van der Waals surface area contributed by atoms with Crippen LogP contribution in [0, 0.1) is 5.41 Å². The molecular weight excluding hydrogens is 444 g/mol. The van der Waals surface area contributed by atoms with Gasteiger partial charge < -0.3 is 20.1 Å². The fourth-order valence-electron chi connectivity index (χ4n) is 5.30. The van der Waals surface area contributed by atoms with Crippen molar-refractivity contribution >= 4 is 18.0 Å². The van der Waals surface area contributed by atoms with Gasteiger partial charge in [0.1, 0.15) is 6.61 Å². The zero-order valence-electron chi connectivity index (χ0n) is 20.3. The van der Waals surface area contributed by atoms with Crippen LogP contribution in [0.4, 0.5) is 4.79 Å². The van der Waals surface area contributed by atoms with E-state index in [9.17, 15) is 19.5 Å². The third-order valence-electron chi connectivity index (χ3n) is 7.63. The summed E-state index contributed by atoms with van der Waals surface area (Å²) < 4.78 is 5.54. The molecular formula is C28H34N2O5. The van der Waals surface area contributed by atoms with Gasteiger partial charge in [0, 0.05) is 32.0 Å². The maximum atomic E-state index is 12.5. The Morgan fingerprint density at radius 2 is 1.60 bits per heavy atom. The molecule has 1 aliphatic carbocycles. The Bertz CT molecular complexity index is 1030. The number of carboxylic acids is 1. The molecule has 186 valence electrons. The van der Waals surface area contributed by atoms with Crippen LogP contribution in [0.3, 0.4) is 0 Å². The largest absolute Gasteiger partial charge is 0.481 e. The van der Waals surface area contributed by atoms with E-state index in [1.807, 2.05) is 31.2 Å². The maximum Gasteiger partial charge on any atom is 0.407 e. The Kier molecular flexibility index (Phi) is 7.73. The number of piperidine rings is 1. The van der Waals surface area contributed by atoms with E-state index in [-0.39, 0.29) is 18.4 Å². The number of likely N-dealkylation sites (tertiary alicyclic amines) is 1. The maximum absolute atomic E-state index is 12.5. The van der Waals surface area contributed by atoms with Gasteiger partial charge >= 0.3 is 12.1 Å². The Balaban J connectivity index is 1.15. The SMILES string of the molecule is CCC1(C(=O)O)CCN(C(=O)CCCCNC(=O)OCC2c3ccccc3-c3ccccc32)CC1. The predicted octanol–water partition coefficient (Wildman–Crippen LogP) is 4.80. The lowest BCUT2D eigenvalue weighted by Gasteiger charge is -2.38. The number of carbonyl (C=O) groups excluding carboxylic acids is 2. The summed E-state index contributed by atoms with van der Waals surface area (Å²) in [4.78, 5) is 38.1. The molecule has 2 aliphatic rings. The zero-order chi connectivity index (χ0) is 24.8. The van der Waals surface area contributed by atoms with Crippen molar-refractivity contribution in [3.8, 4) is 11.1 Å². The Morgan fingerprint density at radius 1 is 1.00 bits per heavy atom. The van der Waals surface area contributed by atoms with E-state index in [1.165, 1.54) is 22.3 Å². The smallest absolute Gasteiger partial charge is 0.407 e. The van der Waals surface area contributed by atoms with Gasteiger partial charge in [-0.3, -0.25) is 9.59 Å². The van der Waals surface area contributed by atoms with Gasteiger partial charge in [-0.1, -0.05) is 55.5 Å². The number of carboxylic acid groups (broad SMARTS) is 1. The number of carbonyl (C=O) groups is 3. The number of alkyl carbamates (subject to hydrolysis) is 1. The van der Waals surface area contributed by atoms with Crippen LogP contribution in [0.25, 0.3) is 11.1 Å². The van der Waals surface area contributed by atoms with Crippen molar-refractivity contribution in [2.24, 2.45) is 5.41 Å². The molecule has 2 amide bonds. The van der Waals surface area contributed by atoms with Crippen LogP contribution >= 0.6 is 0 Å². The van der Waals surface area contributed by atoms with Gasteiger partial charge in [-0.15, -0.1) is 0 Å². The molecule has 0 bridgehead atoms. The summed E-state index contributed by atoms with van der Waals surface area (Å²) in [5.41, 5.74) is 4.05. The number of nitrogens with zero attached hydrogens (tertiary/aromatic N) is 1. The summed E-state index contributed by atoms with van der Waals surface area (Å²) in [7, 11) is 0. The van der Waals surface area contributed by atoms with Crippen LogP contribution in [0.2, 0.25) is 0 Å². The second kappa shape index (κ2) is 10.9. The minimum Gasteiger partial charge on any atom is -0.481 e. The first-order valence-corrected chi connectivity index (χ1v) is 12.6. The lowest BCUT2D eigenvalue weighted by Crippen LogP contribution is -2.46. The third-order valence-corrected chi connectivity index (χ3v) is 7.63. The fourth-order valence-corrected chi connectivity index (χ4v) is 5.30. The van der Waals surface area contributed by atoms with Gasteiger partial charge in [0.25, 0.3) is 0 Å². The van der Waals surface area contributed by atoms with Gasteiger partial charge in [0.15, 0.2) is 0 Å².